The standard InChI is InChI=1S/C14H21F2NO/c1-10(2)17-9-5-6-11(3)18-13-8-4-7-12(15)14(13)16/h4,7-8,10-11,17H,5-6,9H2,1-3H3. The highest BCUT2D eigenvalue weighted by atomic mass is 19.2. The molecule has 102 valence electrons. The van der Waals surface area contributed by atoms with Gasteiger partial charge in [0, 0.05) is 6.04 Å². The molecule has 18 heavy (non-hydrogen) atoms. The molecule has 1 rings (SSSR count). The molecule has 0 bridgehead atoms. The number of ether oxygens (including phenoxy) is 1. The lowest BCUT2D eigenvalue weighted by atomic mass is 10.2. The summed E-state index contributed by atoms with van der Waals surface area (Å²) in [5, 5.41) is 3.30. The number of rotatable bonds is 7. The molecule has 1 unspecified atom stereocenters. The van der Waals surface area contributed by atoms with Gasteiger partial charge in [-0.2, -0.15) is 4.39 Å². The van der Waals surface area contributed by atoms with E-state index in [-0.39, 0.29) is 11.9 Å². The van der Waals surface area contributed by atoms with Crippen LogP contribution in [0.1, 0.15) is 33.6 Å². The molecule has 0 spiro atoms. The van der Waals surface area contributed by atoms with Gasteiger partial charge in [-0.3, -0.25) is 0 Å². The third kappa shape index (κ3) is 5.00. The van der Waals surface area contributed by atoms with Crippen LogP contribution in [-0.2, 0) is 0 Å². The first-order valence-electron chi connectivity index (χ1n) is 6.34. The summed E-state index contributed by atoms with van der Waals surface area (Å²) in [6.07, 6.45) is 1.61. The van der Waals surface area contributed by atoms with Crippen LogP contribution in [0.25, 0.3) is 0 Å². The van der Waals surface area contributed by atoms with E-state index in [4.69, 9.17) is 4.74 Å². The molecule has 1 aromatic carbocycles. The maximum Gasteiger partial charge on any atom is 0.200 e. The second-order valence-electron chi connectivity index (χ2n) is 4.73. The number of hydrogen-bond donors (Lipinski definition) is 1. The molecule has 0 heterocycles. The van der Waals surface area contributed by atoms with Gasteiger partial charge in [0.05, 0.1) is 6.10 Å². The van der Waals surface area contributed by atoms with E-state index in [0.29, 0.717) is 6.04 Å². The zero-order chi connectivity index (χ0) is 13.5. The molecule has 4 heteroatoms. The van der Waals surface area contributed by atoms with Crippen LogP contribution in [0.5, 0.6) is 5.75 Å². The molecule has 2 nitrogen and oxygen atoms in total. The summed E-state index contributed by atoms with van der Waals surface area (Å²) in [6.45, 7) is 6.93. The van der Waals surface area contributed by atoms with Gasteiger partial charge in [0.15, 0.2) is 11.6 Å². The first kappa shape index (κ1) is 14.9. The summed E-state index contributed by atoms with van der Waals surface area (Å²) in [7, 11) is 0. The monoisotopic (exact) mass is 257 g/mol. The van der Waals surface area contributed by atoms with Crippen molar-refractivity contribution in [2.45, 2.75) is 45.8 Å². The molecular formula is C14H21F2NO. The number of nitrogens with one attached hydrogen (secondary N) is 1. The van der Waals surface area contributed by atoms with E-state index in [1.54, 1.807) is 0 Å². The average molecular weight is 257 g/mol. The molecule has 0 fully saturated rings. The Hall–Kier alpha value is -1.16. The van der Waals surface area contributed by atoms with Gasteiger partial charge >= 0.3 is 0 Å². The maximum absolute atomic E-state index is 13.3. The van der Waals surface area contributed by atoms with Crippen LogP contribution in [0.15, 0.2) is 18.2 Å². The molecule has 0 aliphatic rings. The summed E-state index contributed by atoms with van der Waals surface area (Å²) in [6, 6.07) is 4.43. The molecule has 1 aromatic rings. The van der Waals surface area contributed by atoms with E-state index in [2.05, 4.69) is 19.2 Å². The lowest BCUT2D eigenvalue weighted by Gasteiger charge is -2.16. The average Bonchev–Trinajstić information content (AvgIpc) is 2.30. The first-order valence-corrected chi connectivity index (χ1v) is 6.34. The molecule has 0 aliphatic heterocycles. The smallest absolute Gasteiger partial charge is 0.200 e. The minimum Gasteiger partial charge on any atom is -0.488 e. The van der Waals surface area contributed by atoms with Gasteiger partial charge in [0.1, 0.15) is 0 Å². The van der Waals surface area contributed by atoms with Crippen LogP contribution in [0.2, 0.25) is 0 Å². The van der Waals surface area contributed by atoms with E-state index < -0.39 is 11.6 Å². The predicted molar refractivity (Wildman–Crippen MR) is 68.8 cm³/mol. The molecule has 0 aromatic heterocycles. The zero-order valence-corrected chi connectivity index (χ0v) is 11.2. The largest absolute Gasteiger partial charge is 0.488 e. The van der Waals surface area contributed by atoms with Crippen LogP contribution in [0.4, 0.5) is 8.78 Å². The van der Waals surface area contributed by atoms with E-state index in [1.165, 1.54) is 12.1 Å². The minimum atomic E-state index is -0.912. The van der Waals surface area contributed by atoms with Crippen molar-refractivity contribution in [1.82, 2.24) is 5.32 Å². The Kier molecular flexibility index (Phi) is 6.05. The van der Waals surface area contributed by atoms with Crippen LogP contribution in [0, 0.1) is 11.6 Å². The Morgan fingerprint density at radius 2 is 1.94 bits per heavy atom. The zero-order valence-electron chi connectivity index (χ0n) is 11.2. The third-order valence-corrected chi connectivity index (χ3v) is 2.58. The van der Waals surface area contributed by atoms with Crippen molar-refractivity contribution in [1.29, 1.82) is 0 Å². The van der Waals surface area contributed by atoms with E-state index in [0.717, 1.165) is 25.5 Å². The Balaban J connectivity index is 2.35. The Bertz CT molecular complexity index is 369. The lowest BCUT2D eigenvalue weighted by molar-refractivity contribution is 0.196. The highest BCUT2D eigenvalue weighted by Crippen LogP contribution is 2.21. The quantitative estimate of drug-likeness (QED) is 0.755. The molecule has 0 radical (unpaired) electrons. The Morgan fingerprint density at radius 1 is 1.22 bits per heavy atom. The van der Waals surface area contributed by atoms with E-state index in [9.17, 15) is 8.78 Å². The molecule has 0 saturated carbocycles. The molecule has 1 N–H and O–H groups in total. The summed E-state index contributed by atoms with van der Waals surface area (Å²) < 4.78 is 31.7. The highest BCUT2D eigenvalue weighted by Gasteiger charge is 2.11. The molecule has 0 aliphatic carbocycles. The van der Waals surface area contributed by atoms with Crippen LogP contribution in [0.3, 0.4) is 0 Å². The molecule has 0 amide bonds. The Morgan fingerprint density at radius 3 is 2.61 bits per heavy atom. The van der Waals surface area contributed by atoms with Crippen molar-refractivity contribution >= 4 is 0 Å². The van der Waals surface area contributed by atoms with E-state index >= 15 is 0 Å². The third-order valence-electron chi connectivity index (χ3n) is 2.58. The van der Waals surface area contributed by atoms with Crippen molar-refractivity contribution in [2.75, 3.05) is 6.54 Å². The van der Waals surface area contributed by atoms with Crippen LogP contribution >= 0.6 is 0 Å². The summed E-state index contributed by atoms with van der Waals surface area (Å²) in [5.41, 5.74) is 0. The fraction of sp³-hybridized carbons (Fsp3) is 0.571. The van der Waals surface area contributed by atoms with Crippen molar-refractivity contribution in [2.24, 2.45) is 0 Å². The topological polar surface area (TPSA) is 21.3 Å². The predicted octanol–water partition coefficient (Wildman–Crippen LogP) is 3.51. The second-order valence-corrected chi connectivity index (χ2v) is 4.73. The van der Waals surface area contributed by atoms with Crippen molar-refractivity contribution < 1.29 is 13.5 Å². The molecule has 1 atom stereocenters. The first-order chi connectivity index (χ1) is 8.50. The van der Waals surface area contributed by atoms with Crippen molar-refractivity contribution in [3.05, 3.63) is 29.8 Å². The van der Waals surface area contributed by atoms with Gasteiger partial charge in [-0.1, -0.05) is 19.9 Å². The number of halogens is 2. The van der Waals surface area contributed by atoms with Crippen LogP contribution in [-0.4, -0.2) is 18.7 Å². The Labute approximate surface area is 107 Å². The van der Waals surface area contributed by atoms with Crippen molar-refractivity contribution in [3.8, 4) is 5.75 Å². The summed E-state index contributed by atoms with van der Waals surface area (Å²) in [5.74, 6) is -1.80. The lowest BCUT2D eigenvalue weighted by Crippen LogP contribution is -2.25. The van der Waals surface area contributed by atoms with E-state index in [1.807, 2.05) is 6.92 Å². The fourth-order valence-electron chi connectivity index (χ4n) is 1.63. The normalized spacial score (nSPS) is 12.8. The second kappa shape index (κ2) is 7.31. The van der Waals surface area contributed by atoms with Gasteiger partial charge in [-0.05, 0) is 38.4 Å². The SMILES string of the molecule is CC(C)NCCCC(C)Oc1cccc(F)c1F. The van der Waals surface area contributed by atoms with Gasteiger partial charge in [-0.25, -0.2) is 4.39 Å². The molecule has 0 saturated heterocycles. The van der Waals surface area contributed by atoms with Gasteiger partial charge < -0.3 is 10.1 Å². The van der Waals surface area contributed by atoms with Crippen LogP contribution < -0.4 is 10.1 Å². The summed E-state index contributed by atoms with van der Waals surface area (Å²) in [4.78, 5) is 0. The number of benzene rings is 1. The molecular weight excluding hydrogens is 236 g/mol. The van der Waals surface area contributed by atoms with Gasteiger partial charge in [-0.15, -0.1) is 0 Å². The highest BCUT2D eigenvalue weighted by molar-refractivity contribution is 5.25. The fourth-order valence-corrected chi connectivity index (χ4v) is 1.63. The maximum atomic E-state index is 13.3. The number of hydrogen-bond acceptors (Lipinski definition) is 2. The van der Waals surface area contributed by atoms with Gasteiger partial charge in [0.2, 0.25) is 5.82 Å². The van der Waals surface area contributed by atoms with Crippen molar-refractivity contribution in [3.63, 3.8) is 0 Å². The minimum absolute atomic E-state index is 0.0145. The van der Waals surface area contributed by atoms with Gasteiger partial charge in [0.25, 0.3) is 0 Å². The summed E-state index contributed by atoms with van der Waals surface area (Å²) >= 11 is 0.